The molecule has 0 spiro atoms. The van der Waals surface area contributed by atoms with Gasteiger partial charge in [-0.2, -0.15) is 17.0 Å². The van der Waals surface area contributed by atoms with Crippen LogP contribution in [-0.2, 0) is 10.2 Å². The maximum Gasteiger partial charge on any atom is 0.282 e. The zero-order valence-electron chi connectivity index (χ0n) is 12.0. The fraction of sp³-hybridized carbons (Fsp3) is 0.643. The second-order valence-electron chi connectivity index (χ2n) is 5.54. The van der Waals surface area contributed by atoms with Crippen molar-refractivity contribution < 1.29 is 13.2 Å². The van der Waals surface area contributed by atoms with E-state index in [1.54, 1.807) is 21.0 Å². The highest BCUT2D eigenvalue weighted by molar-refractivity contribution is 7.86. The van der Waals surface area contributed by atoms with Crippen LogP contribution in [0.2, 0.25) is 0 Å². The highest BCUT2D eigenvalue weighted by Gasteiger charge is 2.36. The highest BCUT2D eigenvalue weighted by Crippen LogP contribution is 2.23. The van der Waals surface area contributed by atoms with Crippen molar-refractivity contribution >= 4 is 10.2 Å². The predicted octanol–water partition coefficient (Wildman–Crippen LogP) is 1.27. The fourth-order valence-corrected chi connectivity index (χ4v) is 4.61. The minimum absolute atomic E-state index is 0.0891. The van der Waals surface area contributed by atoms with Crippen molar-refractivity contribution in [1.29, 1.82) is 0 Å². The Kier molecular flexibility index (Phi) is 4.42. The first-order valence-electron chi connectivity index (χ1n) is 7.48. The van der Waals surface area contributed by atoms with Crippen molar-refractivity contribution in [2.45, 2.75) is 31.8 Å². The number of hydrogen-bond acceptors (Lipinski definition) is 4. The van der Waals surface area contributed by atoms with Gasteiger partial charge in [-0.05, 0) is 31.4 Å². The lowest BCUT2D eigenvalue weighted by atomic mass is 10.2. The van der Waals surface area contributed by atoms with Crippen LogP contribution in [0.25, 0.3) is 0 Å². The van der Waals surface area contributed by atoms with Gasteiger partial charge >= 0.3 is 0 Å². The van der Waals surface area contributed by atoms with Crippen molar-refractivity contribution in [1.82, 2.24) is 13.6 Å². The number of nitrogens with zero attached hydrogens (tertiary/aromatic N) is 3. The molecule has 0 bridgehead atoms. The van der Waals surface area contributed by atoms with Crippen LogP contribution in [0.5, 0.6) is 5.75 Å². The Morgan fingerprint density at radius 3 is 2.67 bits per heavy atom. The molecule has 0 N–H and O–H groups in total. The van der Waals surface area contributed by atoms with E-state index in [1.165, 1.54) is 0 Å². The summed E-state index contributed by atoms with van der Waals surface area (Å²) in [5.74, 6) is 0.694. The van der Waals surface area contributed by atoms with E-state index in [9.17, 15) is 8.42 Å². The number of pyridine rings is 1. The molecule has 21 heavy (non-hydrogen) atoms. The van der Waals surface area contributed by atoms with Crippen LogP contribution in [0.1, 0.15) is 25.7 Å². The van der Waals surface area contributed by atoms with E-state index in [0.717, 1.165) is 25.7 Å². The standard InChI is InChI=1S/C14H21N3O3S/c18-21(19,16-8-2-1-3-9-16)17-10-6-14(12-17)20-13-5-4-7-15-11-13/h4-5,7,11,14H,1-3,6,8-10,12H2/t14-/m0/s1. The molecular weight excluding hydrogens is 290 g/mol. The Morgan fingerprint density at radius 2 is 1.95 bits per heavy atom. The highest BCUT2D eigenvalue weighted by atomic mass is 32.2. The molecule has 0 amide bonds. The molecule has 116 valence electrons. The molecular formula is C14H21N3O3S. The van der Waals surface area contributed by atoms with Crippen molar-refractivity contribution in [2.75, 3.05) is 26.2 Å². The topological polar surface area (TPSA) is 62.7 Å². The zero-order valence-corrected chi connectivity index (χ0v) is 12.8. The van der Waals surface area contributed by atoms with Crippen LogP contribution < -0.4 is 4.74 Å². The second-order valence-corrected chi connectivity index (χ2v) is 7.47. The zero-order chi connectivity index (χ0) is 14.7. The largest absolute Gasteiger partial charge is 0.487 e. The van der Waals surface area contributed by atoms with E-state index in [4.69, 9.17) is 4.74 Å². The Labute approximate surface area is 125 Å². The Hall–Kier alpha value is -1.18. The average molecular weight is 311 g/mol. The van der Waals surface area contributed by atoms with Gasteiger partial charge < -0.3 is 4.74 Å². The van der Waals surface area contributed by atoms with Crippen LogP contribution >= 0.6 is 0 Å². The molecule has 1 atom stereocenters. The van der Waals surface area contributed by atoms with Crippen molar-refractivity contribution in [3.05, 3.63) is 24.5 Å². The first-order valence-corrected chi connectivity index (χ1v) is 8.88. The molecule has 0 aromatic carbocycles. The van der Waals surface area contributed by atoms with Gasteiger partial charge in [0.05, 0.1) is 12.7 Å². The van der Waals surface area contributed by atoms with Gasteiger partial charge in [0.1, 0.15) is 11.9 Å². The minimum Gasteiger partial charge on any atom is -0.487 e. The Morgan fingerprint density at radius 1 is 1.14 bits per heavy atom. The molecule has 1 aromatic rings. The summed E-state index contributed by atoms with van der Waals surface area (Å²) >= 11 is 0. The van der Waals surface area contributed by atoms with Gasteiger partial charge in [-0.1, -0.05) is 6.42 Å². The van der Waals surface area contributed by atoms with E-state index in [2.05, 4.69) is 4.98 Å². The van der Waals surface area contributed by atoms with Crippen molar-refractivity contribution in [3.8, 4) is 5.75 Å². The molecule has 0 unspecified atom stereocenters. The SMILES string of the molecule is O=S(=O)(N1CCCCC1)N1CC[C@H](Oc2cccnc2)C1. The average Bonchev–Trinajstić information content (AvgIpc) is 2.98. The lowest BCUT2D eigenvalue weighted by Crippen LogP contribution is -2.45. The van der Waals surface area contributed by atoms with E-state index in [-0.39, 0.29) is 6.10 Å². The molecule has 7 heteroatoms. The van der Waals surface area contributed by atoms with E-state index < -0.39 is 10.2 Å². The van der Waals surface area contributed by atoms with Gasteiger partial charge in [-0.3, -0.25) is 4.98 Å². The van der Waals surface area contributed by atoms with Gasteiger partial charge in [0.15, 0.2) is 0 Å². The normalized spacial score (nSPS) is 25.0. The summed E-state index contributed by atoms with van der Waals surface area (Å²) in [6.07, 6.45) is 7.02. The summed E-state index contributed by atoms with van der Waals surface area (Å²) in [6, 6.07) is 3.65. The summed E-state index contributed by atoms with van der Waals surface area (Å²) < 4.78 is 34.1. The summed E-state index contributed by atoms with van der Waals surface area (Å²) in [4.78, 5) is 4.00. The van der Waals surface area contributed by atoms with Crippen molar-refractivity contribution in [3.63, 3.8) is 0 Å². The van der Waals surface area contributed by atoms with Gasteiger partial charge in [-0.25, -0.2) is 0 Å². The fourth-order valence-electron chi connectivity index (χ4n) is 2.87. The first-order chi connectivity index (χ1) is 10.2. The molecule has 2 aliphatic rings. The Balaban J connectivity index is 1.61. The molecule has 2 saturated heterocycles. The quantitative estimate of drug-likeness (QED) is 0.840. The lowest BCUT2D eigenvalue weighted by molar-refractivity contribution is 0.212. The van der Waals surface area contributed by atoms with E-state index in [1.807, 2.05) is 12.1 Å². The molecule has 0 saturated carbocycles. The second kappa shape index (κ2) is 6.29. The predicted molar refractivity (Wildman–Crippen MR) is 79.2 cm³/mol. The number of hydrogen-bond donors (Lipinski definition) is 0. The van der Waals surface area contributed by atoms with Crippen LogP contribution in [-0.4, -0.2) is 54.3 Å². The molecule has 0 radical (unpaired) electrons. The maximum absolute atomic E-state index is 12.6. The number of piperidine rings is 1. The third-order valence-corrected chi connectivity index (χ3v) is 6.01. The van der Waals surface area contributed by atoms with Crippen LogP contribution in [0.15, 0.2) is 24.5 Å². The number of aromatic nitrogens is 1. The molecule has 1 aromatic heterocycles. The van der Waals surface area contributed by atoms with Gasteiger partial charge in [0.2, 0.25) is 0 Å². The van der Waals surface area contributed by atoms with Crippen LogP contribution in [0, 0.1) is 0 Å². The monoisotopic (exact) mass is 311 g/mol. The van der Waals surface area contributed by atoms with Gasteiger partial charge in [-0.15, -0.1) is 0 Å². The lowest BCUT2D eigenvalue weighted by Gasteiger charge is -2.30. The number of rotatable bonds is 4. The summed E-state index contributed by atoms with van der Waals surface area (Å²) in [7, 11) is -3.32. The molecule has 3 heterocycles. The third-order valence-electron chi connectivity index (χ3n) is 4.01. The molecule has 0 aliphatic carbocycles. The Bertz CT molecular complexity index is 558. The molecule has 6 nitrogen and oxygen atoms in total. The van der Waals surface area contributed by atoms with Crippen LogP contribution in [0.4, 0.5) is 0 Å². The minimum atomic E-state index is -3.32. The van der Waals surface area contributed by atoms with Crippen molar-refractivity contribution in [2.24, 2.45) is 0 Å². The third kappa shape index (κ3) is 3.36. The maximum atomic E-state index is 12.6. The summed E-state index contributed by atoms with van der Waals surface area (Å²) in [5, 5.41) is 0. The molecule has 2 aliphatic heterocycles. The smallest absolute Gasteiger partial charge is 0.282 e. The van der Waals surface area contributed by atoms with E-state index in [0.29, 0.717) is 31.9 Å². The summed E-state index contributed by atoms with van der Waals surface area (Å²) in [6.45, 7) is 2.25. The van der Waals surface area contributed by atoms with Crippen LogP contribution in [0.3, 0.4) is 0 Å². The summed E-state index contributed by atoms with van der Waals surface area (Å²) in [5.41, 5.74) is 0. The first kappa shape index (κ1) is 14.7. The number of ether oxygens (including phenoxy) is 1. The van der Waals surface area contributed by atoms with E-state index >= 15 is 0 Å². The van der Waals surface area contributed by atoms with Gasteiger partial charge in [0.25, 0.3) is 10.2 Å². The molecule has 3 rings (SSSR count). The molecule has 2 fully saturated rings. The van der Waals surface area contributed by atoms with Gasteiger partial charge in [0, 0.05) is 25.8 Å².